The topological polar surface area (TPSA) is 75.1 Å². The maximum Gasteiger partial charge on any atom is 0.307 e. The van der Waals surface area contributed by atoms with Crippen molar-refractivity contribution in [2.24, 2.45) is 0 Å². The van der Waals surface area contributed by atoms with Crippen LogP contribution in [0.3, 0.4) is 0 Å². The third-order valence-corrected chi connectivity index (χ3v) is 2.62. The average molecular weight is 235 g/mol. The molecule has 1 heterocycles. The van der Waals surface area contributed by atoms with Crippen molar-refractivity contribution < 1.29 is 9.90 Å². The Bertz CT molecular complexity index is 428. The Morgan fingerprint density at radius 2 is 2.29 bits per heavy atom. The first-order valence-electron chi connectivity index (χ1n) is 5.90. The molecule has 2 N–H and O–H groups in total. The molecule has 1 aromatic heterocycles. The SMILES string of the molecule is CC(C)Nc1ncc(CC(=O)O)c(C2CC2)n1. The van der Waals surface area contributed by atoms with Crippen molar-refractivity contribution in [3.63, 3.8) is 0 Å². The number of aliphatic carboxylic acids is 1. The molecule has 5 heteroatoms. The molecule has 0 spiro atoms. The summed E-state index contributed by atoms with van der Waals surface area (Å²) < 4.78 is 0. The van der Waals surface area contributed by atoms with Crippen molar-refractivity contribution in [3.05, 3.63) is 17.5 Å². The Balaban J connectivity index is 2.24. The molecular weight excluding hydrogens is 218 g/mol. The van der Waals surface area contributed by atoms with Gasteiger partial charge in [-0.1, -0.05) is 0 Å². The number of carboxylic acid groups (broad SMARTS) is 1. The van der Waals surface area contributed by atoms with Gasteiger partial charge in [-0.2, -0.15) is 0 Å². The predicted octanol–water partition coefficient (Wildman–Crippen LogP) is 1.80. The van der Waals surface area contributed by atoms with Gasteiger partial charge in [0.1, 0.15) is 0 Å². The first-order chi connectivity index (χ1) is 8.06. The molecule has 5 nitrogen and oxygen atoms in total. The van der Waals surface area contributed by atoms with Gasteiger partial charge >= 0.3 is 5.97 Å². The van der Waals surface area contributed by atoms with Gasteiger partial charge in [0, 0.05) is 23.7 Å². The van der Waals surface area contributed by atoms with Gasteiger partial charge in [-0.25, -0.2) is 9.97 Å². The Kier molecular flexibility index (Phi) is 3.26. The van der Waals surface area contributed by atoms with Crippen LogP contribution in [0, 0.1) is 0 Å². The minimum Gasteiger partial charge on any atom is -0.481 e. The standard InChI is InChI=1S/C12H17N3O2/c1-7(2)14-12-13-6-9(5-10(16)17)11(15-12)8-3-4-8/h6-8H,3-5H2,1-2H3,(H,16,17)(H,13,14,15). The van der Waals surface area contributed by atoms with E-state index in [2.05, 4.69) is 15.3 Å². The summed E-state index contributed by atoms with van der Waals surface area (Å²) in [6.45, 7) is 4.04. The zero-order chi connectivity index (χ0) is 12.4. The molecule has 0 radical (unpaired) electrons. The van der Waals surface area contributed by atoms with E-state index in [0.717, 1.165) is 24.1 Å². The average Bonchev–Trinajstić information content (AvgIpc) is 3.02. The number of nitrogens with zero attached hydrogens (tertiary/aromatic N) is 2. The fourth-order valence-corrected chi connectivity index (χ4v) is 1.76. The predicted molar refractivity (Wildman–Crippen MR) is 64.1 cm³/mol. The number of hydrogen-bond donors (Lipinski definition) is 2. The van der Waals surface area contributed by atoms with Crippen LogP contribution in [-0.4, -0.2) is 27.1 Å². The van der Waals surface area contributed by atoms with E-state index in [1.807, 2.05) is 13.8 Å². The summed E-state index contributed by atoms with van der Waals surface area (Å²) in [6, 6.07) is 0.271. The molecular formula is C12H17N3O2. The highest BCUT2D eigenvalue weighted by Gasteiger charge is 2.28. The Morgan fingerprint density at radius 3 is 2.82 bits per heavy atom. The number of hydrogen-bond acceptors (Lipinski definition) is 4. The quantitative estimate of drug-likeness (QED) is 0.814. The zero-order valence-electron chi connectivity index (χ0n) is 10.1. The normalized spacial score (nSPS) is 15.0. The van der Waals surface area contributed by atoms with E-state index in [1.165, 1.54) is 0 Å². The maximum absolute atomic E-state index is 10.8. The molecule has 0 amide bonds. The lowest BCUT2D eigenvalue weighted by Crippen LogP contribution is -2.14. The smallest absolute Gasteiger partial charge is 0.307 e. The summed E-state index contributed by atoms with van der Waals surface area (Å²) in [6.07, 6.45) is 3.85. The van der Waals surface area contributed by atoms with Gasteiger partial charge in [-0.15, -0.1) is 0 Å². The summed E-state index contributed by atoms with van der Waals surface area (Å²) in [5, 5.41) is 12.0. The molecule has 0 aliphatic heterocycles. The second-order valence-corrected chi connectivity index (χ2v) is 4.75. The van der Waals surface area contributed by atoms with Crippen molar-refractivity contribution in [1.82, 2.24) is 9.97 Å². The lowest BCUT2D eigenvalue weighted by atomic mass is 10.1. The van der Waals surface area contributed by atoms with Crippen molar-refractivity contribution in [3.8, 4) is 0 Å². The third-order valence-electron chi connectivity index (χ3n) is 2.62. The van der Waals surface area contributed by atoms with Crippen LogP contribution in [0.5, 0.6) is 0 Å². The molecule has 92 valence electrons. The minimum atomic E-state index is -0.833. The van der Waals surface area contributed by atoms with Crippen LogP contribution in [-0.2, 0) is 11.2 Å². The first-order valence-corrected chi connectivity index (χ1v) is 5.90. The molecule has 1 fully saturated rings. The third kappa shape index (κ3) is 3.15. The minimum absolute atomic E-state index is 0.00773. The van der Waals surface area contributed by atoms with Gasteiger partial charge in [0.2, 0.25) is 5.95 Å². The number of rotatable bonds is 5. The fraction of sp³-hybridized carbons (Fsp3) is 0.583. The van der Waals surface area contributed by atoms with Gasteiger partial charge in [0.15, 0.2) is 0 Å². The van der Waals surface area contributed by atoms with Crippen LogP contribution in [0.2, 0.25) is 0 Å². The molecule has 1 aliphatic rings. The lowest BCUT2D eigenvalue weighted by Gasteiger charge is -2.11. The number of carboxylic acids is 1. The Morgan fingerprint density at radius 1 is 1.59 bits per heavy atom. The second-order valence-electron chi connectivity index (χ2n) is 4.75. The number of aromatic nitrogens is 2. The van der Waals surface area contributed by atoms with Gasteiger partial charge < -0.3 is 10.4 Å². The zero-order valence-corrected chi connectivity index (χ0v) is 10.1. The van der Waals surface area contributed by atoms with Gasteiger partial charge in [-0.3, -0.25) is 4.79 Å². The van der Waals surface area contributed by atoms with Crippen LogP contribution < -0.4 is 5.32 Å². The summed E-state index contributed by atoms with van der Waals surface area (Å²) in [5.74, 6) is 0.191. The summed E-state index contributed by atoms with van der Waals surface area (Å²) in [7, 11) is 0. The monoisotopic (exact) mass is 235 g/mol. The second kappa shape index (κ2) is 4.69. The van der Waals surface area contributed by atoms with Crippen molar-refractivity contribution in [2.75, 3.05) is 5.32 Å². The van der Waals surface area contributed by atoms with Crippen LogP contribution in [0.1, 0.15) is 43.9 Å². The van der Waals surface area contributed by atoms with E-state index in [4.69, 9.17) is 5.11 Å². The molecule has 1 saturated carbocycles. The summed E-state index contributed by atoms with van der Waals surface area (Å²) >= 11 is 0. The largest absolute Gasteiger partial charge is 0.481 e. The molecule has 0 unspecified atom stereocenters. The van der Waals surface area contributed by atoms with E-state index in [0.29, 0.717) is 11.9 Å². The van der Waals surface area contributed by atoms with Crippen LogP contribution in [0.25, 0.3) is 0 Å². The number of anilines is 1. The van der Waals surface area contributed by atoms with Gasteiger partial charge in [-0.05, 0) is 26.7 Å². The molecule has 17 heavy (non-hydrogen) atoms. The highest BCUT2D eigenvalue weighted by molar-refractivity contribution is 5.70. The molecule has 0 aromatic carbocycles. The molecule has 1 aromatic rings. The van der Waals surface area contributed by atoms with E-state index in [9.17, 15) is 4.79 Å². The van der Waals surface area contributed by atoms with E-state index in [-0.39, 0.29) is 12.5 Å². The van der Waals surface area contributed by atoms with E-state index < -0.39 is 5.97 Å². The molecule has 0 atom stereocenters. The van der Waals surface area contributed by atoms with Crippen molar-refractivity contribution >= 4 is 11.9 Å². The van der Waals surface area contributed by atoms with E-state index >= 15 is 0 Å². The maximum atomic E-state index is 10.8. The van der Waals surface area contributed by atoms with Crippen molar-refractivity contribution in [2.45, 2.75) is 45.1 Å². The summed E-state index contributed by atoms with van der Waals surface area (Å²) in [5.41, 5.74) is 1.65. The Labute approximate surface area is 100 Å². The van der Waals surface area contributed by atoms with Crippen LogP contribution in [0.4, 0.5) is 5.95 Å². The number of carbonyl (C=O) groups is 1. The highest BCUT2D eigenvalue weighted by Crippen LogP contribution is 2.40. The van der Waals surface area contributed by atoms with Crippen LogP contribution in [0.15, 0.2) is 6.20 Å². The number of nitrogens with one attached hydrogen (secondary N) is 1. The molecule has 2 rings (SSSR count). The lowest BCUT2D eigenvalue weighted by molar-refractivity contribution is -0.136. The molecule has 0 bridgehead atoms. The van der Waals surface area contributed by atoms with Gasteiger partial charge in [0.25, 0.3) is 0 Å². The van der Waals surface area contributed by atoms with E-state index in [1.54, 1.807) is 6.20 Å². The van der Waals surface area contributed by atoms with Crippen molar-refractivity contribution in [1.29, 1.82) is 0 Å². The molecule has 1 aliphatic carbocycles. The molecule has 0 saturated heterocycles. The highest BCUT2D eigenvalue weighted by atomic mass is 16.4. The summed E-state index contributed by atoms with van der Waals surface area (Å²) in [4.78, 5) is 19.4. The van der Waals surface area contributed by atoms with Gasteiger partial charge in [0.05, 0.1) is 12.1 Å². The Hall–Kier alpha value is -1.65. The first kappa shape index (κ1) is 11.8. The van der Waals surface area contributed by atoms with Crippen LogP contribution >= 0.6 is 0 Å². The fourth-order valence-electron chi connectivity index (χ4n) is 1.76.